The van der Waals surface area contributed by atoms with Crippen LogP contribution in [0.2, 0.25) is 0 Å². The zero-order valence-corrected chi connectivity index (χ0v) is 10.8. The standard InChI is InChI=1S/C10H16BrN3O/c1-7(2)8(11)4-13-10(15)9-5-12-6-14(9)3/h5-8H,4H2,1-3H3,(H,13,15). The second-order valence-electron chi connectivity index (χ2n) is 3.86. The number of amides is 1. The second kappa shape index (κ2) is 5.30. The lowest BCUT2D eigenvalue weighted by molar-refractivity contribution is 0.0944. The Kier molecular flexibility index (Phi) is 4.32. The minimum atomic E-state index is -0.0832. The zero-order valence-electron chi connectivity index (χ0n) is 9.20. The number of rotatable bonds is 4. The first-order valence-corrected chi connectivity index (χ1v) is 5.82. The Morgan fingerprint density at radius 1 is 1.67 bits per heavy atom. The van der Waals surface area contributed by atoms with E-state index in [2.05, 4.69) is 40.1 Å². The summed E-state index contributed by atoms with van der Waals surface area (Å²) in [7, 11) is 1.80. The average molecular weight is 274 g/mol. The fraction of sp³-hybridized carbons (Fsp3) is 0.600. The molecule has 1 unspecified atom stereocenters. The summed E-state index contributed by atoms with van der Waals surface area (Å²) in [6, 6.07) is 0. The van der Waals surface area contributed by atoms with Gasteiger partial charge in [0.1, 0.15) is 5.69 Å². The lowest BCUT2D eigenvalue weighted by Crippen LogP contribution is -2.32. The highest BCUT2D eigenvalue weighted by atomic mass is 79.9. The molecule has 1 aromatic heterocycles. The fourth-order valence-corrected chi connectivity index (χ4v) is 1.25. The van der Waals surface area contributed by atoms with Gasteiger partial charge < -0.3 is 9.88 Å². The van der Waals surface area contributed by atoms with Crippen LogP contribution in [0, 0.1) is 5.92 Å². The molecule has 84 valence electrons. The number of nitrogens with one attached hydrogen (secondary N) is 1. The minimum absolute atomic E-state index is 0.0832. The van der Waals surface area contributed by atoms with Gasteiger partial charge in [0.2, 0.25) is 0 Å². The number of aromatic nitrogens is 2. The summed E-state index contributed by atoms with van der Waals surface area (Å²) in [4.78, 5) is 15.9. The molecule has 5 heteroatoms. The first kappa shape index (κ1) is 12.2. The van der Waals surface area contributed by atoms with E-state index in [1.165, 1.54) is 0 Å². The van der Waals surface area contributed by atoms with E-state index in [-0.39, 0.29) is 5.91 Å². The number of aryl methyl sites for hydroxylation is 1. The average Bonchev–Trinajstić information content (AvgIpc) is 2.60. The van der Waals surface area contributed by atoms with Crippen LogP contribution in [-0.2, 0) is 7.05 Å². The molecule has 0 radical (unpaired) electrons. The Balaban J connectivity index is 2.47. The van der Waals surface area contributed by atoms with E-state index in [0.29, 0.717) is 23.0 Å². The van der Waals surface area contributed by atoms with Crippen LogP contribution in [-0.4, -0.2) is 26.8 Å². The summed E-state index contributed by atoms with van der Waals surface area (Å²) in [5.74, 6) is 0.414. The summed E-state index contributed by atoms with van der Waals surface area (Å²) in [6.07, 6.45) is 3.18. The molecular formula is C10H16BrN3O. The van der Waals surface area contributed by atoms with E-state index in [1.54, 1.807) is 24.1 Å². The number of nitrogens with zero attached hydrogens (tertiary/aromatic N) is 2. The highest BCUT2D eigenvalue weighted by Crippen LogP contribution is 2.10. The highest BCUT2D eigenvalue weighted by Gasteiger charge is 2.13. The maximum absolute atomic E-state index is 11.7. The highest BCUT2D eigenvalue weighted by molar-refractivity contribution is 9.09. The number of carbonyl (C=O) groups is 1. The Morgan fingerprint density at radius 3 is 2.80 bits per heavy atom. The fourth-order valence-electron chi connectivity index (χ4n) is 1.09. The van der Waals surface area contributed by atoms with Crippen LogP contribution < -0.4 is 5.32 Å². The summed E-state index contributed by atoms with van der Waals surface area (Å²) in [5.41, 5.74) is 0.582. The van der Waals surface area contributed by atoms with Gasteiger partial charge in [0.15, 0.2) is 0 Å². The van der Waals surface area contributed by atoms with Crippen molar-refractivity contribution in [2.45, 2.75) is 18.7 Å². The topological polar surface area (TPSA) is 46.9 Å². The van der Waals surface area contributed by atoms with Crippen molar-refractivity contribution in [1.29, 1.82) is 0 Å². The summed E-state index contributed by atoms with van der Waals surface area (Å²) < 4.78 is 1.70. The SMILES string of the molecule is CC(C)C(Br)CNC(=O)c1cncn1C. The van der Waals surface area contributed by atoms with Gasteiger partial charge in [0.05, 0.1) is 12.5 Å². The van der Waals surface area contributed by atoms with Crippen molar-refractivity contribution in [3.63, 3.8) is 0 Å². The van der Waals surface area contributed by atoms with Gasteiger partial charge in [-0.25, -0.2) is 4.98 Å². The van der Waals surface area contributed by atoms with Gasteiger partial charge in [0.25, 0.3) is 5.91 Å². The second-order valence-corrected chi connectivity index (χ2v) is 5.04. The molecular weight excluding hydrogens is 258 g/mol. The molecule has 15 heavy (non-hydrogen) atoms. The van der Waals surface area contributed by atoms with Gasteiger partial charge in [-0.3, -0.25) is 4.79 Å². The van der Waals surface area contributed by atoms with Gasteiger partial charge in [-0.15, -0.1) is 0 Å². The zero-order chi connectivity index (χ0) is 11.4. The molecule has 1 N–H and O–H groups in total. The Bertz CT molecular complexity index is 335. The van der Waals surface area contributed by atoms with E-state index in [0.717, 1.165) is 0 Å². The Hall–Kier alpha value is -0.840. The lowest BCUT2D eigenvalue weighted by atomic mass is 10.1. The maximum Gasteiger partial charge on any atom is 0.269 e. The molecule has 1 rings (SSSR count). The predicted molar refractivity (Wildman–Crippen MR) is 63.1 cm³/mol. The third-order valence-electron chi connectivity index (χ3n) is 2.23. The number of hydrogen-bond acceptors (Lipinski definition) is 2. The molecule has 0 bridgehead atoms. The predicted octanol–water partition coefficient (Wildman–Crippen LogP) is 1.57. The molecule has 1 atom stereocenters. The Labute approximate surface area is 98.2 Å². The summed E-state index contributed by atoms with van der Waals surface area (Å²) in [6.45, 7) is 4.84. The smallest absolute Gasteiger partial charge is 0.269 e. The van der Waals surface area contributed by atoms with Crippen molar-refractivity contribution in [3.8, 4) is 0 Å². The number of imidazole rings is 1. The van der Waals surface area contributed by atoms with E-state index in [1.807, 2.05) is 0 Å². The molecule has 1 aromatic rings. The van der Waals surface area contributed by atoms with E-state index < -0.39 is 0 Å². The van der Waals surface area contributed by atoms with Crippen LogP contribution in [0.4, 0.5) is 0 Å². The van der Waals surface area contributed by atoms with Gasteiger partial charge >= 0.3 is 0 Å². The first-order valence-electron chi connectivity index (χ1n) is 4.91. The third kappa shape index (κ3) is 3.34. The molecule has 0 aliphatic rings. The number of hydrogen-bond donors (Lipinski definition) is 1. The third-order valence-corrected chi connectivity index (χ3v) is 3.61. The van der Waals surface area contributed by atoms with Gasteiger partial charge in [0, 0.05) is 18.4 Å². The molecule has 0 aromatic carbocycles. The van der Waals surface area contributed by atoms with E-state index in [4.69, 9.17) is 0 Å². The van der Waals surface area contributed by atoms with Crippen LogP contribution >= 0.6 is 15.9 Å². The van der Waals surface area contributed by atoms with Crippen molar-refractivity contribution >= 4 is 21.8 Å². The van der Waals surface area contributed by atoms with Crippen LogP contribution in [0.3, 0.4) is 0 Å². The van der Waals surface area contributed by atoms with Crippen LogP contribution in [0.15, 0.2) is 12.5 Å². The van der Waals surface area contributed by atoms with E-state index in [9.17, 15) is 4.79 Å². The first-order chi connectivity index (χ1) is 7.02. The monoisotopic (exact) mass is 273 g/mol. The van der Waals surface area contributed by atoms with Crippen molar-refractivity contribution in [3.05, 3.63) is 18.2 Å². The normalized spacial score (nSPS) is 12.9. The van der Waals surface area contributed by atoms with Crippen LogP contribution in [0.5, 0.6) is 0 Å². The molecule has 1 amide bonds. The molecule has 0 aliphatic carbocycles. The van der Waals surface area contributed by atoms with Crippen molar-refractivity contribution < 1.29 is 4.79 Å². The van der Waals surface area contributed by atoms with Gasteiger partial charge in [-0.1, -0.05) is 29.8 Å². The van der Waals surface area contributed by atoms with Gasteiger partial charge in [-0.05, 0) is 5.92 Å². The Morgan fingerprint density at radius 2 is 2.33 bits per heavy atom. The molecule has 0 aliphatic heterocycles. The number of carbonyl (C=O) groups excluding carboxylic acids is 1. The van der Waals surface area contributed by atoms with Gasteiger partial charge in [-0.2, -0.15) is 0 Å². The van der Waals surface area contributed by atoms with Crippen LogP contribution in [0.1, 0.15) is 24.3 Å². The lowest BCUT2D eigenvalue weighted by Gasteiger charge is -2.14. The van der Waals surface area contributed by atoms with Crippen LogP contribution in [0.25, 0.3) is 0 Å². The summed E-state index contributed by atoms with van der Waals surface area (Å²) in [5, 5.41) is 2.86. The van der Waals surface area contributed by atoms with Crippen molar-refractivity contribution in [2.24, 2.45) is 13.0 Å². The molecule has 0 saturated carbocycles. The number of halogens is 1. The molecule has 1 heterocycles. The molecule has 0 spiro atoms. The summed E-state index contributed by atoms with van der Waals surface area (Å²) >= 11 is 3.52. The van der Waals surface area contributed by atoms with Crippen molar-refractivity contribution in [1.82, 2.24) is 14.9 Å². The van der Waals surface area contributed by atoms with E-state index >= 15 is 0 Å². The molecule has 4 nitrogen and oxygen atoms in total. The molecule has 0 fully saturated rings. The quantitative estimate of drug-likeness (QED) is 0.847. The number of alkyl halides is 1. The minimum Gasteiger partial charge on any atom is -0.350 e. The molecule has 0 saturated heterocycles. The maximum atomic E-state index is 11.7. The largest absolute Gasteiger partial charge is 0.350 e. The van der Waals surface area contributed by atoms with Crippen molar-refractivity contribution in [2.75, 3.05) is 6.54 Å².